The molecule has 0 aliphatic heterocycles. The third-order valence-corrected chi connectivity index (χ3v) is 3.16. The molecule has 4 nitrogen and oxygen atoms in total. The topological polar surface area (TPSA) is 50.4 Å². The molecule has 0 radical (unpaired) electrons. The van der Waals surface area contributed by atoms with Crippen molar-refractivity contribution in [3.63, 3.8) is 0 Å². The monoisotopic (exact) mass is 298 g/mol. The lowest BCUT2D eigenvalue weighted by Crippen LogP contribution is -2.12. The predicted molar refractivity (Wildman–Crippen MR) is 89.4 cm³/mol. The molecule has 4 heteroatoms. The van der Waals surface area contributed by atoms with Gasteiger partial charge in [-0.2, -0.15) is 0 Å². The van der Waals surface area contributed by atoms with E-state index in [1.807, 2.05) is 50.4 Å². The largest absolute Gasteiger partial charge is 0.494 e. The number of hydrogen-bond acceptors (Lipinski definition) is 3. The van der Waals surface area contributed by atoms with E-state index < -0.39 is 0 Å². The molecule has 2 aromatic rings. The summed E-state index contributed by atoms with van der Waals surface area (Å²) >= 11 is 0. The number of rotatable bonds is 7. The van der Waals surface area contributed by atoms with Crippen molar-refractivity contribution in [2.75, 3.05) is 19.0 Å². The van der Waals surface area contributed by atoms with E-state index in [1.165, 1.54) is 5.56 Å². The third-order valence-electron chi connectivity index (χ3n) is 3.16. The fourth-order valence-corrected chi connectivity index (χ4v) is 2.06. The zero-order valence-corrected chi connectivity index (χ0v) is 13.1. The highest BCUT2D eigenvalue weighted by molar-refractivity contribution is 6.04. The van der Waals surface area contributed by atoms with Crippen LogP contribution in [0, 0.1) is 0 Å². The van der Waals surface area contributed by atoms with Gasteiger partial charge in [0, 0.05) is 17.8 Å². The zero-order chi connectivity index (χ0) is 15.8. The lowest BCUT2D eigenvalue weighted by atomic mass is 10.1. The first-order valence-electron chi connectivity index (χ1n) is 7.50. The summed E-state index contributed by atoms with van der Waals surface area (Å²) in [5, 5.41) is 5.99. The molecule has 0 fully saturated rings. The van der Waals surface area contributed by atoms with Crippen LogP contribution >= 0.6 is 0 Å². The first kappa shape index (κ1) is 16.0. The van der Waals surface area contributed by atoms with Crippen LogP contribution in [-0.2, 0) is 6.54 Å². The van der Waals surface area contributed by atoms with Crippen LogP contribution in [0.4, 0.5) is 5.69 Å². The van der Waals surface area contributed by atoms with Gasteiger partial charge in [0.05, 0.1) is 6.61 Å². The van der Waals surface area contributed by atoms with E-state index in [1.54, 1.807) is 12.1 Å². The van der Waals surface area contributed by atoms with Crippen molar-refractivity contribution < 1.29 is 9.53 Å². The van der Waals surface area contributed by atoms with Gasteiger partial charge in [0.1, 0.15) is 5.75 Å². The molecular weight excluding hydrogens is 276 g/mol. The lowest BCUT2D eigenvalue weighted by molar-refractivity contribution is 0.102. The van der Waals surface area contributed by atoms with Gasteiger partial charge in [-0.05, 0) is 49.4 Å². The van der Waals surface area contributed by atoms with Crippen LogP contribution in [0.3, 0.4) is 0 Å². The maximum atomic E-state index is 12.3. The summed E-state index contributed by atoms with van der Waals surface area (Å²) in [7, 11) is 1.91. The van der Waals surface area contributed by atoms with Gasteiger partial charge in [-0.3, -0.25) is 4.79 Å². The number of carbonyl (C=O) groups is 1. The number of amides is 1. The Hall–Kier alpha value is -2.33. The molecule has 2 N–H and O–H groups in total. The highest BCUT2D eigenvalue weighted by Gasteiger charge is 2.07. The minimum absolute atomic E-state index is 0.136. The van der Waals surface area contributed by atoms with Crippen molar-refractivity contribution in [3.05, 3.63) is 59.7 Å². The molecule has 0 bridgehead atoms. The quantitative estimate of drug-likeness (QED) is 0.823. The highest BCUT2D eigenvalue weighted by Crippen LogP contribution is 2.16. The summed E-state index contributed by atoms with van der Waals surface area (Å²) in [6.07, 6.45) is 0.940. The fourth-order valence-electron chi connectivity index (χ4n) is 2.06. The Bertz CT molecular complexity index is 609. The predicted octanol–water partition coefficient (Wildman–Crippen LogP) is 3.45. The standard InChI is InChI=1S/C18H22N2O2/c1-3-11-22-17-6-4-5-15(12-17)18(21)20-16-9-7-14(8-10-16)13-19-2/h4-10,12,19H,3,11,13H2,1-2H3,(H,20,21). The van der Waals surface area contributed by atoms with Crippen LogP contribution in [-0.4, -0.2) is 19.6 Å². The number of ether oxygens (including phenoxy) is 1. The second-order valence-corrected chi connectivity index (χ2v) is 5.06. The summed E-state index contributed by atoms with van der Waals surface area (Å²) in [4.78, 5) is 12.3. The van der Waals surface area contributed by atoms with E-state index in [0.717, 1.165) is 24.4 Å². The molecule has 2 aromatic carbocycles. The van der Waals surface area contributed by atoms with Crippen LogP contribution in [0.15, 0.2) is 48.5 Å². The normalized spacial score (nSPS) is 10.3. The van der Waals surface area contributed by atoms with E-state index in [-0.39, 0.29) is 5.91 Å². The number of hydrogen-bond donors (Lipinski definition) is 2. The van der Waals surface area contributed by atoms with Crippen molar-refractivity contribution in [3.8, 4) is 5.75 Å². The van der Waals surface area contributed by atoms with Crippen molar-refractivity contribution in [1.29, 1.82) is 0 Å². The van der Waals surface area contributed by atoms with Gasteiger partial charge in [0.15, 0.2) is 0 Å². The first-order valence-corrected chi connectivity index (χ1v) is 7.50. The van der Waals surface area contributed by atoms with Crippen LogP contribution in [0.1, 0.15) is 29.3 Å². The van der Waals surface area contributed by atoms with Gasteiger partial charge < -0.3 is 15.4 Å². The molecular formula is C18H22N2O2. The average Bonchev–Trinajstić information content (AvgIpc) is 2.55. The maximum Gasteiger partial charge on any atom is 0.255 e. The molecule has 0 aromatic heterocycles. The van der Waals surface area contributed by atoms with E-state index in [4.69, 9.17) is 4.74 Å². The molecule has 1 amide bonds. The van der Waals surface area contributed by atoms with E-state index >= 15 is 0 Å². The van der Waals surface area contributed by atoms with E-state index in [0.29, 0.717) is 12.2 Å². The molecule has 22 heavy (non-hydrogen) atoms. The van der Waals surface area contributed by atoms with Crippen LogP contribution in [0.5, 0.6) is 5.75 Å². The molecule has 2 rings (SSSR count). The van der Waals surface area contributed by atoms with Gasteiger partial charge in [-0.15, -0.1) is 0 Å². The Morgan fingerprint density at radius 2 is 1.91 bits per heavy atom. The van der Waals surface area contributed by atoms with E-state index in [9.17, 15) is 4.79 Å². The zero-order valence-electron chi connectivity index (χ0n) is 13.1. The second-order valence-electron chi connectivity index (χ2n) is 5.06. The average molecular weight is 298 g/mol. The fraction of sp³-hybridized carbons (Fsp3) is 0.278. The summed E-state index contributed by atoms with van der Waals surface area (Å²) in [6.45, 7) is 3.51. The summed E-state index contributed by atoms with van der Waals surface area (Å²) in [5.74, 6) is 0.585. The molecule has 116 valence electrons. The molecule has 0 aliphatic carbocycles. The molecule has 0 aliphatic rings. The first-order chi connectivity index (χ1) is 10.7. The number of anilines is 1. The Kier molecular flexibility index (Phi) is 5.98. The van der Waals surface area contributed by atoms with Crippen molar-refractivity contribution in [2.45, 2.75) is 19.9 Å². The maximum absolute atomic E-state index is 12.3. The van der Waals surface area contributed by atoms with Gasteiger partial charge >= 0.3 is 0 Å². The minimum atomic E-state index is -0.136. The Morgan fingerprint density at radius 1 is 1.14 bits per heavy atom. The van der Waals surface area contributed by atoms with Gasteiger partial charge in [-0.1, -0.05) is 25.1 Å². The number of benzene rings is 2. The number of nitrogens with one attached hydrogen (secondary N) is 2. The molecule has 0 atom stereocenters. The molecule has 0 heterocycles. The molecule has 0 saturated carbocycles. The van der Waals surface area contributed by atoms with E-state index in [2.05, 4.69) is 10.6 Å². The third kappa shape index (κ3) is 4.60. The highest BCUT2D eigenvalue weighted by atomic mass is 16.5. The molecule has 0 spiro atoms. The SMILES string of the molecule is CCCOc1cccc(C(=O)Nc2ccc(CNC)cc2)c1. The van der Waals surface area contributed by atoms with Gasteiger partial charge in [-0.25, -0.2) is 0 Å². The molecule has 0 unspecified atom stereocenters. The summed E-state index contributed by atoms with van der Waals surface area (Å²) in [6, 6.07) is 15.0. The Labute approximate surface area is 131 Å². The summed E-state index contributed by atoms with van der Waals surface area (Å²) < 4.78 is 5.55. The second kappa shape index (κ2) is 8.20. The van der Waals surface area contributed by atoms with Gasteiger partial charge in [0.2, 0.25) is 0 Å². The van der Waals surface area contributed by atoms with Crippen molar-refractivity contribution in [2.24, 2.45) is 0 Å². The van der Waals surface area contributed by atoms with Crippen molar-refractivity contribution >= 4 is 11.6 Å². The van der Waals surface area contributed by atoms with Crippen molar-refractivity contribution in [1.82, 2.24) is 5.32 Å². The smallest absolute Gasteiger partial charge is 0.255 e. The Balaban J connectivity index is 2.02. The van der Waals surface area contributed by atoms with Crippen LogP contribution in [0.2, 0.25) is 0 Å². The Morgan fingerprint density at radius 3 is 2.59 bits per heavy atom. The lowest BCUT2D eigenvalue weighted by Gasteiger charge is -2.09. The molecule has 0 saturated heterocycles. The van der Waals surface area contributed by atoms with Gasteiger partial charge in [0.25, 0.3) is 5.91 Å². The van der Waals surface area contributed by atoms with Crippen LogP contribution < -0.4 is 15.4 Å². The minimum Gasteiger partial charge on any atom is -0.494 e. The summed E-state index contributed by atoms with van der Waals surface area (Å²) in [5.41, 5.74) is 2.55. The van der Waals surface area contributed by atoms with Crippen LogP contribution in [0.25, 0.3) is 0 Å². The number of carbonyl (C=O) groups excluding carboxylic acids is 1.